The molecule has 1 aromatic heterocycles. The maximum atomic E-state index is 12.8. The molecule has 3 aromatic rings. The van der Waals surface area contributed by atoms with Gasteiger partial charge in [0.25, 0.3) is 5.91 Å². The van der Waals surface area contributed by atoms with E-state index in [-0.39, 0.29) is 11.8 Å². The lowest BCUT2D eigenvalue weighted by Gasteiger charge is -2.26. The van der Waals surface area contributed by atoms with Gasteiger partial charge in [0.1, 0.15) is 6.33 Å². The molecule has 1 N–H and O–H groups in total. The highest BCUT2D eigenvalue weighted by atomic mass is 16.2. The fraction of sp³-hybridized carbons (Fsp3) is 0.167. The summed E-state index contributed by atoms with van der Waals surface area (Å²) in [6, 6.07) is 12.7. The molecule has 1 aliphatic rings. The summed E-state index contributed by atoms with van der Waals surface area (Å²) in [6.45, 7) is 0. The number of nitrogens with one attached hydrogen (secondary N) is 1. The minimum Gasteiger partial charge on any atom is -0.322 e. The predicted octanol–water partition coefficient (Wildman–Crippen LogP) is 1.82. The highest BCUT2D eigenvalue weighted by molar-refractivity contribution is 6.07. The number of amides is 2. The maximum Gasteiger partial charge on any atom is 0.257 e. The first kappa shape index (κ1) is 15.9. The molecule has 0 bridgehead atoms. The number of benzene rings is 2. The predicted molar refractivity (Wildman–Crippen MR) is 95.3 cm³/mol. The van der Waals surface area contributed by atoms with Gasteiger partial charge in [-0.05, 0) is 52.7 Å². The Labute approximate surface area is 149 Å². The van der Waals surface area contributed by atoms with Gasteiger partial charge in [-0.1, -0.05) is 12.1 Å². The van der Waals surface area contributed by atoms with Gasteiger partial charge >= 0.3 is 0 Å². The molecule has 8 nitrogen and oxygen atoms in total. The minimum absolute atomic E-state index is 0.102. The highest BCUT2D eigenvalue weighted by Crippen LogP contribution is 2.29. The minimum atomic E-state index is -0.253. The van der Waals surface area contributed by atoms with Crippen molar-refractivity contribution >= 4 is 23.2 Å². The van der Waals surface area contributed by atoms with Crippen LogP contribution < -0.4 is 10.2 Å². The molecule has 2 heterocycles. The van der Waals surface area contributed by atoms with Crippen molar-refractivity contribution in [2.24, 2.45) is 0 Å². The second kappa shape index (κ2) is 6.40. The van der Waals surface area contributed by atoms with Gasteiger partial charge in [0, 0.05) is 24.8 Å². The smallest absolute Gasteiger partial charge is 0.257 e. The lowest BCUT2D eigenvalue weighted by Crippen LogP contribution is -2.31. The van der Waals surface area contributed by atoms with E-state index in [1.807, 2.05) is 18.2 Å². The molecule has 26 heavy (non-hydrogen) atoms. The number of hydrogen-bond donors (Lipinski definition) is 1. The molecule has 0 saturated carbocycles. The van der Waals surface area contributed by atoms with E-state index in [9.17, 15) is 9.59 Å². The Morgan fingerprint density at radius 1 is 1.12 bits per heavy atom. The Morgan fingerprint density at radius 2 is 1.96 bits per heavy atom. The molecule has 1 aliphatic heterocycles. The topological polar surface area (TPSA) is 93.0 Å². The molecule has 2 aromatic carbocycles. The van der Waals surface area contributed by atoms with Crippen LogP contribution in [0.25, 0.3) is 5.69 Å². The molecule has 0 fully saturated rings. The summed E-state index contributed by atoms with van der Waals surface area (Å²) in [7, 11) is 1.76. The lowest BCUT2D eigenvalue weighted by molar-refractivity contribution is -0.118. The third-order valence-corrected chi connectivity index (χ3v) is 4.43. The number of para-hydroxylation sites is 1. The van der Waals surface area contributed by atoms with E-state index in [4.69, 9.17) is 0 Å². The second-order valence-corrected chi connectivity index (χ2v) is 6.02. The standard InChI is InChI=1S/C18H16N6O2/c1-23-15-8-7-13(10-12(15)6-9-17(23)25)20-18(26)14-4-2-3-5-16(14)24-11-19-21-22-24/h2-5,7-8,10-11H,6,9H2,1H3,(H,20,26). The maximum absolute atomic E-state index is 12.8. The van der Waals surface area contributed by atoms with Crippen molar-refractivity contribution < 1.29 is 9.59 Å². The number of aryl methyl sites for hydroxylation is 1. The van der Waals surface area contributed by atoms with Crippen molar-refractivity contribution in [2.45, 2.75) is 12.8 Å². The first-order valence-corrected chi connectivity index (χ1v) is 8.17. The van der Waals surface area contributed by atoms with E-state index in [2.05, 4.69) is 20.8 Å². The zero-order valence-corrected chi connectivity index (χ0v) is 14.1. The Bertz CT molecular complexity index is 983. The molecular weight excluding hydrogens is 332 g/mol. The molecule has 0 aliphatic carbocycles. The molecule has 0 spiro atoms. The van der Waals surface area contributed by atoms with Crippen molar-refractivity contribution in [2.75, 3.05) is 17.3 Å². The van der Waals surface area contributed by atoms with E-state index < -0.39 is 0 Å². The average molecular weight is 348 g/mol. The molecule has 0 atom stereocenters. The van der Waals surface area contributed by atoms with Crippen LogP contribution in [0, 0.1) is 0 Å². The number of tetrazole rings is 1. The number of carbonyl (C=O) groups excluding carboxylic acids is 2. The summed E-state index contributed by atoms with van der Waals surface area (Å²) in [5.41, 5.74) is 3.66. The lowest BCUT2D eigenvalue weighted by atomic mass is 10.0. The molecule has 0 unspecified atom stereocenters. The number of aromatic nitrogens is 4. The van der Waals surface area contributed by atoms with Crippen LogP contribution in [0.3, 0.4) is 0 Å². The van der Waals surface area contributed by atoms with Crippen molar-refractivity contribution in [3.05, 3.63) is 59.9 Å². The number of anilines is 2. The Morgan fingerprint density at radius 3 is 2.77 bits per heavy atom. The molecule has 4 rings (SSSR count). The number of nitrogens with zero attached hydrogens (tertiary/aromatic N) is 5. The SMILES string of the molecule is CN1C(=O)CCc2cc(NC(=O)c3ccccc3-n3cnnn3)ccc21. The number of carbonyl (C=O) groups is 2. The summed E-state index contributed by atoms with van der Waals surface area (Å²) in [5, 5.41) is 14.0. The third-order valence-electron chi connectivity index (χ3n) is 4.43. The average Bonchev–Trinajstić information content (AvgIpc) is 3.19. The van der Waals surface area contributed by atoms with Crippen LogP contribution in [0.2, 0.25) is 0 Å². The third kappa shape index (κ3) is 2.81. The van der Waals surface area contributed by atoms with Crippen molar-refractivity contribution in [3.63, 3.8) is 0 Å². The molecule has 2 amide bonds. The van der Waals surface area contributed by atoms with Crippen LogP contribution in [0.15, 0.2) is 48.8 Å². The summed E-state index contributed by atoms with van der Waals surface area (Å²) < 4.78 is 1.45. The van der Waals surface area contributed by atoms with Crippen molar-refractivity contribution in [1.29, 1.82) is 0 Å². The second-order valence-electron chi connectivity index (χ2n) is 6.02. The van der Waals surface area contributed by atoms with Gasteiger partial charge in [-0.2, -0.15) is 4.68 Å². The molecule has 8 heteroatoms. The summed E-state index contributed by atoms with van der Waals surface area (Å²) in [4.78, 5) is 26.2. The first-order chi connectivity index (χ1) is 12.6. The molecule has 0 radical (unpaired) electrons. The van der Waals surface area contributed by atoms with E-state index in [0.29, 0.717) is 29.8 Å². The van der Waals surface area contributed by atoms with Crippen LogP contribution in [-0.2, 0) is 11.2 Å². The molecule has 130 valence electrons. The van der Waals surface area contributed by atoms with E-state index in [0.717, 1.165) is 11.3 Å². The number of fused-ring (bicyclic) bond motifs is 1. The fourth-order valence-electron chi connectivity index (χ4n) is 3.07. The quantitative estimate of drug-likeness (QED) is 0.779. The Balaban J connectivity index is 1.61. The van der Waals surface area contributed by atoms with Crippen molar-refractivity contribution in [3.8, 4) is 5.69 Å². The highest BCUT2D eigenvalue weighted by Gasteiger charge is 2.21. The van der Waals surface area contributed by atoms with Crippen LogP contribution in [0.5, 0.6) is 0 Å². The van der Waals surface area contributed by atoms with Gasteiger partial charge in [-0.3, -0.25) is 9.59 Å². The number of rotatable bonds is 3. The molecular formula is C18H16N6O2. The van der Waals surface area contributed by atoms with Gasteiger partial charge in [-0.15, -0.1) is 5.10 Å². The monoisotopic (exact) mass is 348 g/mol. The van der Waals surface area contributed by atoms with Crippen LogP contribution >= 0.6 is 0 Å². The Kier molecular flexibility index (Phi) is 3.92. The van der Waals surface area contributed by atoms with Crippen molar-refractivity contribution in [1.82, 2.24) is 20.2 Å². The van der Waals surface area contributed by atoms with Gasteiger partial charge in [-0.25, -0.2) is 0 Å². The van der Waals surface area contributed by atoms with Gasteiger partial charge in [0.15, 0.2) is 0 Å². The van der Waals surface area contributed by atoms with Gasteiger partial charge in [0.2, 0.25) is 5.91 Å². The summed E-state index contributed by atoms with van der Waals surface area (Å²) >= 11 is 0. The summed E-state index contributed by atoms with van der Waals surface area (Å²) in [6.07, 6.45) is 2.59. The first-order valence-electron chi connectivity index (χ1n) is 8.17. The zero-order valence-electron chi connectivity index (χ0n) is 14.1. The van der Waals surface area contributed by atoms with Crippen LogP contribution in [-0.4, -0.2) is 39.1 Å². The van der Waals surface area contributed by atoms with E-state index in [1.54, 1.807) is 36.2 Å². The largest absolute Gasteiger partial charge is 0.322 e. The Hall–Kier alpha value is -3.55. The van der Waals surface area contributed by atoms with Gasteiger partial charge < -0.3 is 10.2 Å². The van der Waals surface area contributed by atoms with E-state index >= 15 is 0 Å². The fourth-order valence-corrected chi connectivity index (χ4v) is 3.07. The van der Waals surface area contributed by atoms with E-state index in [1.165, 1.54) is 11.0 Å². The normalized spacial score (nSPS) is 13.4. The zero-order chi connectivity index (χ0) is 18.1. The summed E-state index contributed by atoms with van der Waals surface area (Å²) in [5.74, 6) is -0.152. The number of hydrogen-bond acceptors (Lipinski definition) is 5. The van der Waals surface area contributed by atoms with Gasteiger partial charge in [0.05, 0.1) is 11.3 Å². The van der Waals surface area contributed by atoms with Crippen LogP contribution in [0.1, 0.15) is 22.3 Å². The molecule has 0 saturated heterocycles. The van der Waals surface area contributed by atoms with Crippen LogP contribution in [0.4, 0.5) is 11.4 Å².